The Morgan fingerprint density at radius 3 is 2.12 bits per heavy atom. The number of ether oxygens (including phenoxy) is 1. The van der Waals surface area contributed by atoms with Gasteiger partial charge < -0.3 is 4.74 Å². The van der Waals surface area contributed by atoms with E-state index in [9.17, 15) is 4.79 Å². The van der Waals surface area contributed by atoms with Gasteiger partial charge >= 0.3 is 6.09 Å². The van der Waals surface area contributed by atoms with Gasteiger partial charge in [-0.05, 0) is 54.4 Å². The summed E-state index contributed by atoms with van der Waals surface area (Å²) in [6.07, 6.45) is 4.92. The Bertz CT molecular complexity index is 720. The lowest BCUT2D eigenvalue weighted by Crippen LogP contribution is -2.53. The monoisotopic (exact) mass is 321 g/mol. The third-order valence-electron chi connectivity index (χ3n) is 5.62. The zero-order valence-electron chi connectivity index (χ0n) is 14.1. The molecule has 0 radical (unpaired) electrons. The molecule has 1 heterocycles. The number of amides is 1. The molecule has 1 fully saturated rings. The fraction of sp³-hybridized carbons (Fsp3) is 0.381. The van der Waals surface area contributed by atoms with Crippen molar-refractivity contribution in [3.8, 4) is 0 Å². The van der Waals surface area contributed by atoms with E-state index in [4.69, 9.17) is 4.74 Å². The number of likely N-dealkylation sites (tertiary alicyclic amines) is 1. The SMILES string of the molecule is COC(=O)N1CCCCC12c1ccccc1CCc1ccccc12. The van der Waals surface area contributed by atoms with Gasteiger partial charge in [0.15, 0.2) is 0 Å². The van der Waals surface area contributed by atoms with Crippen molar-refractivity contribution >= 4 is 6.09 Å². The smallest absolute Gasteiger partial charge is 0.410 e. The lowest BCUT2D eigenvalue weighted by Gasteiger charge is -2.48. The zero-order chi connectivity index (χ0) is 16.6. The van der Waals surface area contributed by atoms with E-state index in [0.29, 0.717) is 0 Å². The van der Waals surface area contributed by atoms with Gasteiger partial charge in [-0.1, -0.05) is 48.5 Å². The number of piperidine rings is 1. The minimum Gasteiger partial charge on any atom is -0.453 e. The molecule has 3 nitrogen and oxygen atoms in total. The van der Waals surface area contributed by atoms with E-state index >= 15 is 0 Å². The summed E-state index contributed by atoms with van der Waals surface area (Å²) in [5, 5.41) is 0. The highest BCUT2D eigenvalue weighted by Crippen LogP contribution is 2.48. The normalized spacial score (nSPS) is 18.5. The van der Waals surface area contributed by atoms with Gasteiger partial charge in [-0.2, -0.15) is 0 Å². The van der Waals surface area contributed by atoms with Crippen molar-refractivity contribution in [3.05, 3.63) is 70.8 Å². The molecule has 1 amide bonds. The Morgan fingerprint density at radius 1 is 0.958 bits per heavy atom. The van der Waals surface area contributed by atoms with Crippen LogP contribution in [0.15, 0.2) is 48.5 Å². The standard InChI is InChI=1S/C21H23NO2/c1-24-20(23)22-15-7-6-14-21(22)18-10-4-2-8-16(18)12-13-17-9-3-5-11-19(17)21/h2-5,8-11H,6-7,12-15H2,1H3. The van der Waals surface area contributed by atoms with Crippen LogP contribution in [0.25, 0.3) is 0 Å². The van der Waals surface area contributed by atoms with Gasteiger partial charge in [0.1, 0.15) is 0 Å². The van der Waals surface area contributed by atoms with Gasteiger partial charge in [-0.3, -0.25) is 4.90 Å². The summed E-state index contributed by atoms with van der Waals surface area (Å²) in [5.74, 6) is 0. The summed E-state index contributed by atoms with van der Waals surface area (Å²) < 4.78 is 5.18. The second-order valence-electron chi connectivity index (χ2n) is 6.75. The molecule has 1 spiro atoms. The minimum absolute atomic E-state index is 0.221. The zero-order valence-corrected chi connectivity index (χ0v) is 14.1. The lowest BCUT2D eigenvalue weighted by molar-refractivity contribution is 0.0550. The number of methoxy groups -OCH3 is 1. The number of aryl methyl sites for hydroxylation is 2. The molecular formula is C21H23NO2. The highest BCUT2D eigenvalue weighted by molar-refractivity contribution is 5.71. The number of rotatable bonds is 0. The van der Waals surface area contributed by atoms with Crippen molar-refractivity contribution in [2.45, 2.75) is 37.6 Å². The lowest BCUT2D eigenvalue weighted by atomic mass is 9.73. The topological polar surface area (TPSA) is 29.5 Å². The van der Waals surface area contributed by atoms with Crippen LogP contribution in [0.2, 0.25) is 0 Å². The number of carbonyl (C=O) groups excluding carboxylic acids is 1. The molecule has 0 N–H and O–H groups in total. The molecular weight excluding hydrogens is 298 g/mol. The van der Waals surface area contributed by atoms with Crippen molar-refractivity contribution in [3.63, 3.8) is 0 Å². The Balaban J connectivity index is 2.02. The number of nitrogens with zero attached hydrogens (tertiary/aromatic N) is 1. The minimum atomic E-state index is -0.394. The molecule has 0 aromatic heterocycles. The number of hydrogen-bond acceptors (Lipinski definition) is 2. The molecule has 0 atom stereocenters. The summed E-state index contributed by atoms with van der Waals surface area (Å²) in [4.78, 5) is 14.6. The summed E-state index contributed by atoms with van der Waals surface area (Å²) in [7, 11) is 1.49. The fourth-order valence-electron chi connectivity index (χ4n) is 4.59. The Labute approximate surface area is 143 Å². The fourth-order valence-corrected chi connectivity index (χ4v) is 4.59. The highest BCUT2D eigenvalue weighted by atomic mass is 16.5. The van der Waals surface area contributed by atoms with Crippen LogP contribution in [0.3, 0.4) is 0 Å². The summed E-state index contributed by atoms with van der Waals surface area (Å²) in [6, 6.07) is 17.2. The van der Waals surface area contributed by atoms with Crippen LogP contribution in [-0.2, 0) is 23.1 Å². The first-order valence-electron chi connectivity index (χ1n) is 8.80. The van der Waals surface area contributed by atoms with E-state index in [1.54, 1.807) is 0 Å². The van der Waals surface area contributed by atoms with E-state index in [0.717, 1.165) is 38.6 Å². The Morgan fingerprint density at radius 2 is 1.54 bits per heavy atom. The quantitative estimate of drug-likeness (QED) is 0.725. The van der Waals surface area contributed by atoms with Crippen LogP contribution in [0.4, 0.5) is 4.79 Å². The van der Waals surface area contributed by atoms with Gasteiger partial charge in [-0.15, -0.1) is 0 Å². The molecule has 0 bridgehead atoms. The first kappa shape index (κ1) is 15.3. The molecule has 4 rings (SSSR count). The first-order valence-corrected chi connectivity index (χ1v) is 8.80. The molecule has 1 saturated heterocycles. The van der Waals surface area contributed by atoms with Crippen molar-refractivity contribution in [2.24, 2.45) is 0 Å². The average molecular weight is 321 g/mol. The molecule has 1 aliphatic heterocycles. The molecule has 24 heavy (non-hydrogen) atoms. The average Bonchev–Trinajstić information content (AvgIpc) is 2.78. The van der Waals surface area contributed by atoms with Gasteiger partial charge in [0.05, 0.1) is 12.6 Å². The van der Waals surface area contributed by atoms with Crippen molar-refractivity contribution < 1.29 is 9.53 Å². The van der Waals surface area contributed by atoms with Crippen LogP contribution in [-0.4, -0.2) is 24.6 Å². The van der Waals surface area contributed by atoms with Crippen LogP contribution < -0.4 is 0 Å². The van der Waals surface area contributed by atoms with Crippen molar-refractivity contribution in [1.29, 1.82) is 0 Å². The van der Waals surface area contributed by atoms with E-state index in [1.807, 2.05) is 4.90 Å². The van der Waals surface area contributed by atoms with Gasteiger partial charge in [0.2, 0.25) is 0 Å². The number of hydrogen-bond donors (Lipinski definition) is 0. The maximum Gasteiger partial charge on any atom is 0.410 e. The van der Waals surface area contributed by atoms with Crippen LogP contribution in [0.5, 0.6) is 0 Å². The van der Waals surface area contributed by atoms with Crippen molar-refractivity contribution in [1.82, 2.24) is 4.90 Å². The van der Waals surface area contributed by atoms with E-state index < -0.39 is 5.54 Å². The second kappa shape index (κ2) is 5.97. The van der Waals surface area contributed by atoms with Gasteiger partial charge in [0, 0.05) is 6.54 Å². The van der Waals surface area contributed by atoms with Crippen LogP contribution >= 0.6 is 0 Å². The summed E-state index contributed by atoms with van der Waals surface area (Å²) in [5.41, 5.74) is 4.86. The van der Waals surface area contributed by atoms with Crippen LogP contribution in [0, 0.1) is 0 Å². The molecule has 3 heteroatoms. The highest BCUT2D eigenvalue weighted by Gasteiger charge is 2.47. The van der Waals surface area contributed by atoms with E-state index in [-0.39, 0.29) is 6.09 Å². The molecule has 0 unspecified atom stereocenters. The maximum absolute atomic E-state index is 12.7. The third kappa shape index (κ3) is 2.15. The summed E-state index contributed by atoms with van der Waals surface area (Å²) >= 11 is 0. The number of carbonyl (C=O) groups is 1. The maximum atomic E-state index is 12.7. The molecule has 2 aromatic carbocycles. The van der Waals surface area contributed by atoms with E-state index in [1.165, 1.54) is 29.4 Å². The molecule has 2 aromatic rings. The van der Waals surface area contributed by atoms with Crippen LogP contribution in [0.1, 0.15) is 41.5 Å². The van der Waals surface area contributed by atoms with Gasteiger partial charge in [-0.25, -0.2) is 4.79 Å². The Hall–Kier alpha value is -2.29. The molecule has 1 aliphatic carbocycles. The number of benzene rings is 2. The molecule has 2 aliphatic rings. The van der Waals surface area contributed by atoms with Crippen molar-refractivity contribution in [2.75, 3.05) is 13.7 Å². The Kier molecular flexibility index (Phi) is 3.79. The first-order chi connectivity index (χ1) is 11.8. The predicted octanol–water partition coefficient (Wildman–Crippen LogP) is 4.28. The number of fused-ring (bicyclic) bond motifs is 4. The van der Waals surface area contributed by atoms with Gasteiger partial charge in [0.25, 0.3) is 0 Å². The molecule has 124 valence electrons. The second-order valence-corrected chi connectivity index (χ2v) is 6.75. The van der Waals surface area contributed by atoms with E-state index in [2.05, 4.69) is 48.5 Å². The summed E-state index contributed by atoms with van der Waals surface area (Å²) in [6.45, 7) is 0.745. The third-order valence-corrected chi connectivity index (χ3v) is 5.62. The predicted molar refractivity (Wildman–Crippen MR) is 94.0 cm³/mol. The largest absolute Gasteiger partial charge is 0.453 e. The molecule has 0 saturated carbocycles.